The average molecular weight is 395 g/mol. The molecule has 1 saturated heterocycles. The third kappa shape index (κ3) is 5.57. The summed E-state index contributed by atoms with van der Waals surface area (Å²) in [5.41, 5.74) is 1.42. The molecular formula is C22H25N3O4. The molecule has 1 fully saturated rings. The standard InChI is InChI=1S/C22H25N3O4/c1-2-12-23-22(28)16-13-21(27)25(14-16)18-8-10-19(11-9-18)29-15-20(26)24-17-6-4-3-5-7-17/h3-11,16H,2,12-15H2,1H3,(H,23,28)(H,24,26). The first kappa shape index (κ1) is 20.4. The molecule has 1 aliphatic heterocycles. The number of para-hydroxylation sites is 1. The van der Waals surface area contributed by atoms with Crippen LogP contribution in [0.25, 0.3) is 0 Å². The maximum absolute atomic E-state index is 12.3. The SMILES string of the molecule is CCCNC(=O)C1CC(=O)N(c2ccc(OCC(=O)Nc3ccccc3)cc2)C1. The molecule has 0 saturated carbocycles. The molecule has 0 radical (unpaired) electrons. The van der Waals surface area contributed by atoms with E-state index >= 15 is 0 Å². The zero-order valence-electron chi connectivity index (χ0n) is 16.4. The van der Waals surface area contributed by atoms with E-state index in [9.17, 15) is 14.4 Å². The molecule has 0 aromatic heterocycles. The zero-order chi connectivity index (χ0) is 20.6. The summed E-state index contributed by atoms with van der Waals surface area (Å²) >= 11 is 0. The van der Waals surface area contributed by atoms with Crippen LogP contribution >= 0.6 is 0 Å². The summed E-state index contributed by atoms with van der Waals surface area (Å²) in [6, 6.07) is 16.1. The number of hydrogen-bond donors (Lipinski definition) is 2. The van der Waals surface area contributed by atoms with Gasteiger partial charge in [-0.1, -0.05) is 25.1 Å². The van der Waals surface area contributed by atoms with Crippen LogP contribution < -0.4 is 20.3 Å². The lowest BCUT2D eigenvalue weighted by Gasteiger charge is -2.17. The number of carbonyl (C=O) groups excluding carboxylic acids is 3. The molecule has 7 nitrogen and oxygen atoms in total. The van der Waals surface area contributed by atoms with Crippen molar-refractivity contribution in [1.82, 2.24) is 5.32 Å². The highest BCUT2D eigenvalue weighted by molar-refractivity contribution is 6.00. The van der Waals surface area contributed by atoms with E-state index < -0.39 is 0 Å². The van der Waals surface area contributed by atoms with Crippen LogP contribution in [0.4, 0.5) is 11.4 Å². The minimum absolute atomic E-state index is 0.0717. The third-order valence-corrected chi connectivity index (χ3v) is 4.62. The lowest BCUT2D eigenvalue weighted by molar-refractivity contribution is -0.126. The molecule has 7 heteroatoms. The summed E-state index contributed by atoms with van der Waals surface area (Å²) in [5.74, 6) is -0.201. The van der Waals surface area contributed by atoms with Crippen LogP contribution in [0.3, 0.4) is 0 Å². The molecule has 1 atom stereocenters. The van der Waals surface area contributed by atoms with Crippen molar-refractivity contribution in [3.8, 4) is 5.75 Å². The highest BCUT2D eigenvalue weighted by atomic mass is 16.5. The van der Waals surface area contributed by atoms with Crippen LogP contribution in [0.1, 0.15) is 19.8 Å². The number of nitrogens with zero attached hydrogens (tertiary/aromatic N) is 1. The topological polar surface area (TPSA) is 87.7 Å². The van der Waals surface area contributed by atoms with Gasteiger partial charge in [0.15, 0.2) is 6.61 Å². The Balaban J connectivity index is 1.51. The average Bonchev–Trinajstić information content (AvgIpc) is 3.13. The molecule has 3 amide bonds. The van der Waals surface area contributed by atoms with E-state index in [1.807, 2.05) is 25.1 Å². The van der Waals surface area contributed by atoms with Gasteiger partial charge in [-0.3, -0.25) is 14.4 Å². The number of anilines is 2. The maximum atomic E-state index is 12.3. The summed E-state index contributed by atoms with van der Waals surface area (Å²) in [5, 5.41) is 5.59. The van der Waals surface area contributed by atoms with Gasteiger partial charge < -0.3 is 20.3 Å². The Kier molecular flexibility index (Phi) is 6.84. The molecule has 0 aliphatic carbocycles. The minimum Gasteiger partial charge on any atom is -0.484 e. The van der Waals surface area contributed by atoms with Gasteiger partial charge in [0.1, 0.15) is 5.75 Å². The van der Waals surface area contributed by atoms with Gasteiger partial charge in [-0.05, 0) is 42.8 Å². The minimum atomic E-state index is -0.327. The Morgan fingerprint density at radius 1 is 1.10 bits per heavy atom. The fraction of sp³-hybridized carbons (Fsp3) is 0.318. The van der Waals surface area contributed by atoms with Gasteiger partial charge in [0.25, 0.3) is 5.91 Å². The second kappa shape index (κ2) is 9.73. The second-order valence-electron chi connectivity index (χ2n) is 6.89. The van der Waals surface area contributed by atoms with Crippen LogP contribution in [0, 0.1) is 5.92 Å². The van der Waals surface area contributed by atoms with Crippen molar-refractivity contribution >= 4 is 29.1 Å². The summed E-state index contributed by atoms with van der Waals surface area (Å²) in [4.78, 5) is 38.0. The summed E-state index contributed by atoms with van der Waals surface area (Å²) in [7, 11) is 0. The lowest BCUT2D eigenvalue weighted by Crippen LogP contribution is -2.33. The van der Waals surface area contributed by atoms with Crippen LogP contribution in [0.15, 0.2) is 54.6 Å². The monoisotopic (exact) mass is 395 g/mol. The molecule has 1 unspecified atom stereocenters. The fourth-order valence-corrected chi connectivity index (χ4v) is 3.12. The van der Waals surface area contributed by atoms with Crippen molar-refractivity contribution in [3.05, 3.63) is 54.6 Å². The van der Waals surface area contributed by atoms with E-state index in [1.165, 1.54) is 0 Å². The van der Waals surface area contributed by atoms with Gasteiger partial charge in [0, 0.05) is 30.9 Å². The molecule has 2 aromatic rings. The fourth-order valence-electron chi connectivity index (χ4n) is 3.12. The lowest BCUT2D eigenvalue weighted by atomic mass is 10.1. The molecule has 3 rings (SSSR count). The van der Waals surface area contributed by atoms with Crippen molar-refractivity contribution in [2.24, 2.45) is 5.92 Å². The molecule has 2 N–H and O–H groups in total. The van der Waals surface area contributed by atoms with Crippen molar-refractivity contribution in [1.29, 1.82) is 0 Å². The summed E-state index contributed by atoms with van der Waals surface area (Å²) in [6.07, 6.45) is 1.08. The number of rotatable bonds is 8. The second-order valence-corrected chi connectivity index (χ2v) is 6.89. The molecule has 0 spiro atoms. The molecular weight excluding hydrogens is 370 g/mol. The van der Waals surface area contributed by atoms with Gasteiger partial charge in [-0.2, -0.15) is 0 Å². The summed E-state index contributed by atoms with van der Waals surface area (Å²) < 4.78 is 5.51. The van der Waals surface area contributed by atoms with Gasteiger partial charge >= 0.3 is 0 Å². The van der Waals surface area contributed by atoms with Crippen molar-refractivity contribution in [3.63, 3.8) is 0 Å². The number of ether oxygens (including phenoxy) is 1. The first-order chi connectivity index (χ1) is 14.1. The Morgan fingerprint density at radius 2 is 1.83 bits per heavy atom. The zero-order valence-corrected chi connectivity index (χ0v) is 16.4. The van der Waals surface area contributed by atoms with Crippen molar-refractivity contribution in [2.75, 3.05) is 29.9 Å². The predicted molar refractivity (Wildman–Crippen MR) is 111 cm³/mol. The number of amides is 3. The van der Waals surface area contributed by atoms with Crippen molar-refractivity contribution < 1.29 is 19.1 Å². The van der Waals surface area contributed by atoms with Gasteiger partial charge in [0.2, 0.25) is 11.8 Å². The van der Waals surface area contributed by atoms with E-state index in [0.717, 1.165) is 6.42 Å². The van der Waals surface area contributed by atoms with Crippen LogP contribution in [-0.4, -0.2) is 37.4 Å². The number of carbonyl (C=O) groups is 3. The quantitative estimate of drug-likeness (QED) is 0.719. The van der Waals surface area contributed by atoms with E-state index in [1.54, 1.807) is 41.3 Å². The van der Waals surface area contributed by atoms with Crippen LogP contribution in [-0.2, 0) is 14.4 Å². The van der Waals surface area contributed by atoms with Crippen LogP contribution in [0.2, 0.25) is 0 Å². The molecule has 1 aliphatic rings. The molecule has 2 aromatic carbocycles. The predicted octanol–water partition coefficient (Wildman–Crippen LogP) is 2.58. The maximum Gasteiger partial charge on any atom is 0.262 e. The van der Waals surface area contributed by atoms with E-state index in [4.69, 9.17) is 4.74 Å². The number of benzene rings is 2. The third-order valence-electron chi connectivity index (χ3n) is 4.62. The summed E-state index contributed by atoms with van der Waals surface area (Å²) in [6.45, 7) is 2.86. The Labute approximate surface area is 170 Å². The number of nitrogens with one attached hydrogen (secondary N) is 2. The Bertz CT molecular complexity index is 852. The molecule has 1 heterocycles. The molecule has 0 bridgehead atoms. The van der Waals surface area contributed by atoms with E-state index in [-0.39, 0.29) is 36.7 Å². The highest BCUT2D eigenvalue weighted by Crippen LogP contribution is 2.27. The first-order valence-electron chi connectivity index (χ1n) is 9.72. The normalized spacial score (nSPS) is 15.8. The van der Waals surface area contributed by atoms with Gasteiger partial charge in [-0.15, -0.1) is 0 Å². The van der Waals surface area contributed by atoms with Gasteiger partial charge in [-0.25, -0.2) is 0 Å². The number of hydrogen-bond acceptors (Lipinski definition) is 4. The Hall–Kier alpha value is -3.35. The highest BCUT2D eigenvalue weighted by Gasteiger charge is 2.34. The van der Waals surface area contributed by atoms with Gasteiger partial charge in [0.05, 0.1) is 5.92 Å². The van der Waals surface area contributed by atoms with Crippen molar-refractivity contribution in [2.45, 2.75) is 19.8 Å². The Morgan fingerprint density at radius 3 is 2.52 bits per heavy atom. The van der Waals surface area contributed by atoms with E-state index in [2.05, 4.69) is 10.6 Å². The van der Waals surface area contributed by atoms with Crippen LogP contribution in [0.5, 0.6) is 5.75 Å². The van der Waals surface area contributed by atoms with E-state index in [0.29, 0.717) is 30.2 Å². The first-order valence-corrected chi connectivity index (χ1v) is 9.72. The molecule has 152 valence electrons. The smallest absolute Gasteiger partial charge is 0.262 e. The molecule has 29 heavy (non-hydrogen) atoms. The largest absolute Gasteiger partial charge is 0.484 e.